The van der Waals surface area contributed by atoms with E-state index in [4.69, 9.17) is 10.5 Å². The molecule has 156 valence electrons. The first-order valence-electron chi connectivity index (χ1n) is 9.15. The predicted octanol–water partition coefficient (Wildman–Crippen LogP) is 3.67. The van der Waals surface area contributed by atoms with Crippen LogP contribution in [0.2, 0.25) is 0 Å². The van der Waals surface area contributed by atoms with Gasteiger partial charge in [0.25, 0.3) is 5.91 Å². The molecule has 11 heteroatoms. The summed E-state index contributed by atoms with van der Waals surface area (Å²) < 4.78 is 5.81. The molecular weight excluding hydrogens is 442 g/mol. The van der Waals surface area contributed by atoms with E-state index in [1.807, 2.05) is 24.3 Å². The fourth-order valence-electron chi connectivity index (χ4n) is 3.16. The number of hydrogen-bond acceptors (Lipinski definition) is 9. The van der Waals surface area contributed by atoms with E-state index in [2.05, 4.69) is 20.8 Å². The lowest BCUT2D eigenvalue weighted by Crippen LogP contribution is -2.18. The van der Waals surface area contributed by atoms with E-state index in [9.17, 15) is 9.59 Å². The zero-order valence-electron chi connectivity index (χ0n) is 16.1. The maximum absolute atomic E-state index is 12.4. The van der Waals surface area contributed by atoms with Gasteiger partial charge in [-0.25, -0.2) is 0 Å². The third-order valence-corrected chi connectivity index (χ3v) is 7.67. The topological polar surface area (TPSA) is 119 Å². The maximum atomic E-state index is 12.4. The van der Waals surface area contributed by atoms with Gasteiger partial charge in [0.15, 0.2) is 4.34 Å². The number of aryl methyl sites for hydroxylation is 1. The van der Waals surface area contributed by atoms with Crippen LogP contribution in [0.4, 0.5) is 15.8 Å². The quantitative estimate of drug-likeness (QED) is 0.438. The molecule has 3 aromatic rings. The number of nitrogens with two attached hydrogens (primary N) is 1. The number of amides is 2. The van der Waals surface area contributed by atoms with Crippen LogP contribution in [-0.2, 0) is 17.6 Å². The molecule has 0 saturated heterocycles. The van der Waals surface area contributed by atoms with Gasteiger partial charge in [-0.05, 0) is 49.1 Å². The van der Waals surface area contributed by atoms with E-state index in [1.165, 1.54) is 34.4 Å². The number of nitrogens with zero attached hydrogens (tertiary/aromatic N) is 2. The first kappa shape index (κ1) is 20.6. The number of anilines is 3. The summed E-state index contributed by atoms with van der Waals surface area (Å²) >= 11 is 4.10. The Kier molecular flexibility index (Phi) is 6.21. The Morgan fingerprint density at radius 2 is 2.00 bits per heavy atom. The third kappa shape index (κ3) is 4.58. The average molecular weight is 462 g/mol. The molecule has 1 aliphatic rings. The molecule has 0 fully saturated rings. The molecule has 8 nitrogen and oxygen atoms in total. The summed E-state index contributed by atoms with van der Waals surface area (Å²) in [5, 5.41) is 15.4. The highest BCUT2D eigenvalue weighted by molar-refractivity contribution is 8.01. The standard InChI is InChI=1S/C19H19N5O3S3/c1-27-11-7-5-10(6-8-11)21-18-23-24-19(30-18)28-9-14(25)22-17-15(16(20)26)12-3-2-4-13(12)29-17/h5-8H,2-4,9H2,1H3,(H2,20,26)(H,21,23)(H,22,25). The first-order valence-corrected chi connectivity index (χ1v) is 11.8. The Morgan fingerprint density at radius 1 is 1.20 bits per heavy atom. The highest BCUT2D eigenvalue weighted by Crippen LogP contribution is 2.39. The van der Waals surface area contributed by atoms with Crippen molar-refractivity contribution in [3.63, 3.8) is 0 Å². The number of carbonyl (C=O) groups excluding carboxylic acids is 2. The van der Waals surface area contributed by atoms with Crippen molar-refractivity contribution < 1.29 is 14.3 Å². The molecule has 4 rings (SSSR count). The molecule has 0 saturated carbocycles. The second-order valence-corrected chi connectivity index (χ2v) is 9.79. The molecular formula is C19H19N5O3S3. The minimum absolute atomic E-state index is 0.165. The first-order chi connectivity index (χ1) is 14.5. The van der Waals surface area contributed by atoms with E-state index in [-0.39, 0.29) is 11.7 Å². The Hall–Kier alpha value is -2.63. The Labute approximate surface area is 185 Å². The number of ether oxygens (including phenoxy) is 1. The largest absolute Gasteiger partial charge is 0.497 e. The number of fused-ring (bicyclic) bond motifs is 1. The molecule has 1 aromatic carbocycles. The normalized spacial score (nSPS) is 12.4. The highest BCUT2D eigenvalue weighted by Gasteiger charge is 2.26. The summed E-state index contributed by atoms with van der Waals surface area (Å²) in [6, 6.07) is 7.47. The third-order valence-electron chi connectivity index (χ3n) is 4.50. The lowest BCUT2D eigenvalue weighted by atomic mass is 10.1. The fourth-order valence-corrected chi connectivity index (χ4v) is 6.04. The van der Waals surface area contributed by atoms with Crippen LogP contribution in [0.25, 0.3) is 0 Å². The average Bonchev–Trinajstić information content (AvgIpc) is 3.43. The van der Waals surface area contributed by atoms with Crippen LogP contribution in [0.15, 0.2) is 28.6 Å². The minimum Gasteiger partial charge on any atom is -0.497 e. The Balaban J connectivity index is 1.33. The number of methoxy groups -OCH3 is 1. The van der Waals surface area contributed by atoms with Crippen molar-refractivity contribution >= 4 is 62.1 Å². The van der Waals surface area contributed by atoms with E-state index >= 15 is 0 Å². The number of thiophene rings is 1. The second kappa shape index (κ2) is 9.02. The van der Waals surface area contributed by atoms with Crippen LogP contribution in [0.1, 0.15) is 27.2 Å². The van der Waals surface area contributed by atoms with E-state index in [1.54, 1.807) is 7.11 Å². The van der Waals surface area contributed by atoms with Gasteiger partial charge in [0.1, 0.15) is 10.8 Å². The summed E-state index contributed by atoms with van der Waals surface area (Å²) in [6.07, 6.45) is 2.79. The molecule has 2 amide bonds. The molecule has 0 aliphatic heterocycles. The predicted molar refractivity (Wildman–Crippen MR) is 120 cm³/mol. The zero-order valence-corrected chi connectivity index (χ0v) is 18.5. The van der Waals surface area contributed by atoms with Crippen LogP contribution < -0.4 is 21.1 Å². The van der Waals surface area contributed by atoms with Crippen molar-refractivity contribution in [3.05, 3.63) is 40.3 Å². The minimum atomic E-state index is -0.490. The number of primary amides is 1. The zero-order chi connectivity index (χ0) is 21.1. The number of rotatable bonds is 8. The van der Waals surface area contributed by atoms with Gasteiger partial charge < -0.3 is 21.1 Å². The number of benzene rings is 1. The molecule has 2 heterocycles. The van der Waals surface area contributed by atoms with Crippen molar-refractivity contribution in [2.45, 2.75) is 23.6 Å². The number of thioether (sulfide) groups is 1. The molecule has 0 atom stereocenters. The second-order valence-electron chi connectivity index (χ2n) is 6.49. The molecule has 2 aromatic heterocycles. The van der Waals surface area contributed by atoms with Crippen LogP contribution in [0.5, 0.6) is 5.75 Å². The van der Waals surface area contributed by atoms with Gasteiger partial charge in [0.05, 0.1) is 18.4 Å². The number of nitrogens with one attached hydrogen (secondary N) is 2. The van der Waals surface area contributed by atoms with Gasteiger partial charge in [-0.15, -0.1) is 21.5 Å². The van der Waals surface area contributed by atoms with Gasteiger partial charge >= 0.3 is 0 Å². The number of aromatic nitrogens is 2. The van der Waals surface area contributed by atoms with Crippen LogP contribution in [0.3, 0.4) is 0 Å². The molecule has 0 spiro atoms. The summed E-state index contributed by atoms with van der Waals surface area (Å²) in [6.45, 7) is 0. The fraction of sp³-hybridized carbons (Fsp3) is 0.263. The molecule has 0 unspecified atom stereocenters. The van der Waals surface area contributed by atoms with Crippen molar-refractivity contribution in [2.24, 2.45) is 5.73 Å². The van der Waals surface area contributed by atoms with E-state index in [0.717, 1.165) is 41.1 Å². The van der Waals surface area contributed by atoms with Crippen molar-refractivity contribution in [1.82, 2.24) is 10.2 Å². The Morgan fingerprint density at radius 3 is 2.73 bits per heavy atom. The molecule has 30 heavy (non-hydrogen) atoms. The van der Waals surface area contributed by atoms with Crippen LogP contribution >= 0.6 is 34.4 Å². The van der Waals surface area contributed by atoms with E-state index < -0.39 is 5.91 Å². The van der Waals surface area contributed by atoms with Crippen LogP contribution in [-0.4, -0.2) is 34.9 Å². The molecule has 1 aliphatic carbocycles. The summed E-state index contributed by atoms with van der Waals surface area (Å²) in [7, 11) is 1.62. The Bertz CT molecular complexity index is 1080. The SMILES string of the molecule is COc1ccc(Nc2nnc(SCC(=O)Nc3sc4c(c3C(N)=O)CCC4)s2)cc1. The van der Waals surface area contributed by atoms with Crippen molar-refractivity contribution in [1.29, 1.82) is 0 Å². The molecule has 0 bridgehead atoms. The maximum Gasteiger partial charge on any atom is 0.251 e. The monoisotopic (exact) mass is 461 g/mol. The highest BCUT2D eigenvalue weighted by atomic mass is 32.2. The van der Waals surface area contributed by atoms with Crippen molar-refractivity contribution in [3.8, 4) is 5.75 Å². The summed E-state index contributed by atoms with van der Waals surface area (Å²) in [5.74, 6) is 0.242. The molecule has 0 radical (unpaired) electrons. The van der Waals surface area contributed by atoms with Gasteiger partial charge in [0.2, 0.25) is 11.0 Å². The number of hydrogen-bond donors (Lipinski definition) is 3. The molecule has 4 N–H and O–H groups in total. The van der Waals surface area contributed by atoms with Crippen LogP contribution in [0, 0.1) is 0 Å². The van der Waals surface area contributed by atoms with Gasteiger partial charge in [-0.2, -0.15) is 0 Å². The van der Waals surface area contributed by atoms with E-state index in [0.29, 0.717) is 20.0 Å². The van der Waals surface area contributed by atoms with Gasteiger partial charge in [-0.1, -0.05) is 23.1 Å². The summed E-state index contributed by atoms with van der Waals surface area (Å²) in [5.41, 5.74) is 7.86. The van der Waals surface area contributed by atoms with Gasteiger partial charge in [0, 0.05) is 10.6 Å². The lowest BCUT2D eigenvalue weighted by molar-refractivity contribution is -0.113. The van der Waals surface area contributed by atoms with Gasteiger partial charge in [-0.3, -0.25) is 9.59 Å². The lowest BCUT2D eigenvalue weighted by Gasteiger charge is -2.05. The number of carbonyl (C=O) groups is 2. The van der Waals surface area contributed by atoms with Crippen molar-refractivity contribution in [2.75, 3.05) is 23.5 Å². The summed E-state index contributed by atoms with van der Waals surface area (Å²) in [4.78, 5) is 25.4. The smallest absolute Gasteiger partial charge is 0.251 e.